The molecule has 0 aliphatic heterocycles. The van der Waals surface area contributed by atoms with Crippen LogP contribution in [0.1, 0.15) is 12.5 Å². The lowest BCUT2D eigenvalue weighted by Crippen LogP contribution is -2.36. The summed E-state index contributed by atoms with van der Waals surface area (Å²) in [5, 5.41) is 9.00. The summed E-state index contributed by atoms with van der Waals surface area (Å²) in [4.78, 5) is 10.5. The summed E-state index contributed by atoms with van der Waals surface area (Å²) in [5.41, 5.74) is 0.577. The molecule has 0 bridgehead atoms. The Morgan fingerprint density at radius 3 is 2.67 bits per heavy atom. The predicted octanol–water partition coefficient (Wildman–Crippen LogP) is 2.80. The summed E-state index contributed by atoms with van der Waals surface area (Å²) in [6.07, 6.45) is 0. The van der Waals surface area contributed by atoms with Gasteiger partial charge < -0.3 is 9.84 Å². The molecule has 1 rings (SSSR count). The summed E-state index contributed by atoms with van der Waals surface area (Å²) in [6, 6.07) is 4.50. The molecule has 0 aromatic heterocycles. The molecule has 1 aromatic rings. The van der Waals surface area contributed by atoms with Gasteiger partial charge in [0.1, 0.15) is 5.75 Å². The number of hydrogen-bond donors (Lipinski definition) is 1. The maximum absolute atomic E-state index is 13.3. The fourth-order valence-corrected chi connectivity index (χ4v) is 1.20. The van der Waals surface area contributed by atoms with E-state index in [0.717, 1.165) is 6.92 Å². The molecule has 0 spiro atoms. The number of aliphatic carboxylic acids is 1. The molecule has 1 N–H and O–H groups in total. The Balaban J connectivity index is 2.95. The fraction of sp³-hybridized carbons (Fsp3) is 0.300. The first-order valence-corrected chi connectivity index (χ1v) is 4.58. The van der Waals surface area contributed by atoms with Crippen molar-refractivity contribution in [2.45, 2.75) is 19.7 Å². The third kappa shape index (κ3) is 2.83. The van der Waals surface area contributed by atoms with E-state index < -0.39 is 11.8 Å². The van der Waals surface area contributed by atoms with Crippen LogP contribution in [0, 0.1) is 6.92 Å². The number of carbonyl (C=O) groups is 1. The lowest BCUT2D eigenvalue weighted by molar-refractivity contribution is -0.170. The zero-order chi connectivity index (χ0) is 11.6. The van der Waals surface area contributed by atoms with E-state index in [0.29, 0.717) is 10.6 Å². The van der Waals surface area contributed by atoms with E-state index >= 15 is 0 Å². The van der Waals surface area contributed by atoms with Crippen molar-refractivity contribution in [3.8, 4) is 5.75 Å². The van der Waals surface area contributed by atoms with Crippen molar-refractivity contribution in [2.24, 2.45) is 0 Å². The zero-order valence-electron chi connectivity index (χ0n) is 8.25. The van der Waals surface area contributed by atoms with Crippen LogP contribution in [0.25, 0.3) is 0 Å². The van der Waals surface area contributed by atoms with Gasteiger partial charge in [-0.15, -0.1) is 0 Å². The van der Waals surface area contributed by atoms with Gasteiger partial charge in [0.15, 0.2) is 0 Å². The van der Waals surface area contributed by atoms with Gasteiger partial charge in [-0.25, -0.2) is 4.79 Å². The summed E-state index contributed by atoms with van der Waals surface area (Å²) >= 11 is 5.69. The van der Waals surface area contributed by atoms with E-state index in [1.165, 1.54) is 12.1 Å². The lowest BCUT2D eigenvalue weighted by atomic mass is 10.2. The first-order chi connectivity index (χ1) is 6.83. The van der Waals surface area contributed by atoms with Gasteiger partial charge >= 0.3 is 11.8 Å². The van der Waals surface area contributed by atoms with Crippen molar-refractivity contribution in [1.82, 2.24) is 0 Å². The van der Waals surface area contributed by atoms with E-state index in [1.54, 1.807) is 13.0 Å². The number of carboxylic acids is 1. The maximum Gasteiger partial charge on any atom is 0.381 e. The molecule has 0 aliphatic carbocycles. The topological polar surface area (TPSA) is 46.5 Å². The van der Waals surface area contributed by atoms with Gasteiger partial charge in [0.2, 0.25) is 0 Å². The SMILES string of the molecule is Cc1cc(Cl)ccc1OC(C)(F)C(=O)O. The van der Waals surface area contributed by atoms with Crippen molar-refractivity contribution in [3.63, 3.8) is 0 Å². The second-order valence-corrected chi connectivity index (χ2v) is 3.67. The molecule has 0 fully saturated rings. The molecule has 82 valence electrons. The van der Waals surface area contributed by atoms with Gasteiger partial charge in [-0.1, -0.05) is 11.6 Å². The number of rotatable bonds is 3. The number of hydrogen-bond acceptors (Lipinski definition) is 2. The van der Waals surface area contributed by atoms with Crippen molar-refractivity contribution >= 4 is 17.6 Å². The molecule has 1 unspecified atom stereocenters. The number of carboxylic acid groups (broad SMARTS) is 1. The predicted molar refractivity (Wildman–Crippen MR) is 54.0 cm³/mol. The number of halogens is 2. The van der Waals surface area contributed by atoms with Crippen LogP contribution < -0.4 is 4.74 Å². The van der Waals surface area contributed by atoms with E-state index in [-0.39, 0.29) is 5.75 Å². The van der Waals surface area contributed by atoms with Crippen LogP contribution in [0.2, 0.25) is 5.02 Å². The monoisotopic (exact) mass is 232 g/mol. The first kappa shape index (κ1) is 11.8. The highest BCUT2D eigenvalue weighted by molar-refractivity contribution is 6.30. The van der Waals surface area contributed by atoms with E-state index in [4.69, 9.17) is 21.4 Å². The Kier molecular flexibility index (Phi) is 3.19. The van der Waals surface area contributed by atoms with E-state index in [1.807, 2.05) is 0 Å². The molecule has 1 atom stereocenters. The Morgan fingerprint density at radius 1 is 1.60 bits per heavy atom. The van der Waals surface area contributed by atoms with Crippen LogP contribution in [0.4, 0.5) is 4.39 Å². The van der Waals surface area contributed by atoms with Crippen molar-refractivity contribution < 1.29 is 19.0 Å². The van der Waals surface area contributed by atoms with Crippen molar-refractivity contribution in [2.75, 3.05) is 0 Å². The van der Waals surface area contributed by atoms with Crippen molar-refractivity contribution in [1.29, 1.82) is 0 Å². The largest absolute Gasteiger partial charge is 0.476 e. The highest BCUT2D eigenvalue weighted by atomic mass is 35.5. The molecule has 5 heteroatoms. The summed E-state index contributed by atoms with van der Waals surface area (Å²) in [6.45, 7) is 2.49. The number of benzene rings is 1. The molecule has 0 heterocycles. The molecule has 3 nitrogen and oxygen atoms in total. The second-order valence-electron chi connectivity index (χ2n) is 3.23. The average molecular weight is 233 g/mol. The van der Waals surface area contributed by atoms with Gasteiger partial charge in [0.05, 0.1) is 0 Å². The van der Waals surface area contributed by atoms with Crippen molar-refractivity contribution in [3.05, 3.63) is 28.8 Å². The number of alkyl halides is 1. The summed E-state index contributed by atoms with van der Waals surface area (Å²) < 4.78 is 18.0. The van der Waals surface area contributed by atoms with Gasteiger partial charge in [-0.05, 0) is 30.7 Å². The highest BCUT2D eigenvalue weighted by Gasteiger charge is 2.35. The Bertz CT molecular complexity index is 390. The number of ether oxygens (including phenoxy) is 1. The zero-order valence-corrected chi connectivity index (χ0v) is 9.01. The standard InChI is InChI=1S/C10H10ClFO3/c1-6-5-7(11)3-4-8(6)15-10(2,12)9(13)14/h3-5H,1-2H3,(H,13,14). The highest BCUT2D eigenvalue weighted by Crippen LogP contribution is 2.26. The Labute approximate surface area is 91.4 Å². The third-order valence-corrected chi connectivity index (χ3v) is 2.06. The van der Waals surface area contributed by atoms with Gasteiger partial charge in [-0.3, -0.25) is 0 Å². The minimum absolute atomic E-state index is 0.159. The normalized spacial score (nSPS) is 14.4. The molecule has 0 saturated heterocycles. The lowest BCUT2D eigenvalue weighted by Gasteiger charge is -2.18. The van der Waals surface area contributed by atoms with Crippen LogP contribution >= 0.6 is 11.6 Å². The molecule has 0 saturated carbocycles. The van der Waals surface area contributed by atoms with Crippen LogP contribution in [0.15, 0.2) is 18.2 Å². The summed E-state index contributed by atoms with van der Waals surface area (Å²) in [7, 11) is 0. The van der Waals surface area contributed by atoms with Crippen LogP contribution in [-0.4, -0.2) is 16.9 Å². The average Bonchev–Trinajstić information content (AvgIpc) is 2.09. The minimum atomic E-state index is -2.74. The van der Waals surface area contributed by atoms with Gasteiger partial charge in [-0.2, -0.15) is 4.39 Å². The smallest absolute Gasteiger partial charge is 0.381 e. The van der Waals surface area contributed by atoms with Gasteiger partial charge in [0.25, 0.3) is 0 Å². The first-order valence-electron chi connectivity index (χ1n) is 4.20. The third-order valence-electron chi connectivity index (χ3n) is 1.82. The van der Waals surface area contributed by atoms with Crippen LogP contribution in [0.3, 0.4) is 0 Å². The molecule has 0 radical (unpaired) electrons. The maximum atomic E-state index is 13.3. The Morgan fingerprint density at radius 2 is 2.20 bits per heavy atom. The molecule has 0 aliphatic rings. The van der Waals surface area contributed by atoms with Gasteiger partial charge in [0, 0.05) is 11.9 Å². The van der Waals surface area contributed by atoms with E-state index in [9.17, 15) is 9.18 Å². The summed E-state index contributed by atoms with van der Waals surface area (Å²) in [5.74, 6) is -4.25. The minimum Gasteiger partial charge on any atom is -0.476 e. The number of aryl methyl sites for hydroxylation is 1. The van der Waals surface area contributed by atoms with Crippen LogP contribution in [-0.2, 0) is 4.79 Å². The molecule has 1 aromatic carbocycles. The quantitative estimate of drug-likeness (QED) is 0.872. The molecular formula is C10H10ClFO3. The molecule has 0 amide bonds. The van der Waals surface area contributed by atoms with Crippen LogP contribution in [0.5, 0.6) is 5.75 Å². The fourth-order valence-electron chi connectivity index (χ4n) is 0.977. The Hall–Kier alpha value is -1.29. The molecular weight excluding hydrogens is 223 g/mol. The second kappa shape index (κ2) is 4.06. The van der Waals surface area contributed by atoms with E-state index in [2.05, 4.69) is 0 Å². The molecule has 15 heavy (non-hydrogen) atoms.